The number of esters is 1. The van der Waals surface area contributed by atoms with Gasteiger partial charge in [-0.25, -0.2) is 0 Å². The molecule has 2 aromatic carbocycles. The number of nitrogens with zero attached hydrogens (tertiary/aromatic N) is 1. The van der Waals surface area contributed by atoms with Crippen molar-refractivity contribution in [2.24, 2.45) is 0 Å². The van der Waals surface area contributed by atoms with E-state index in [1.54, 1.807) is 48.5 Å². The Kier molecular flexibility index (Phi) is 6.13. The second-order valence-corrected chi connectivity index (χ2v) is 6.24. The number of anilines is 3. The lowest BCUT2D eigenvalue weighted by molar-refractivity contribution is -0.139. The molecule has 3 rings (SSSR count). The third-order valence-electron chi connectivity index (χ3n) is 4.30. The molecule has 0 fully saturated rings. The number of carbonyl (C=O) groups excluding carboxylic acids is 3. The zero-order chi connectivity index (χ0) is 20.8. The number of methoxy groups -OCH3 is 2. The van der Waals surface area contributed by atoms with Crippen molar-refractivity contribution >= 4 is 34.8 Å². The average Bonchev–Trinajstić information content (AvgIpc) is 2.84. The van der Waals surface area contributed by atoms with Crippen LogP contribution in [-0.2, 0) is 19.1 Å². The first-order chi connectivity index (χ1) is 14.0. The zero-order valence-electron chi connectivity index (χ0n) is 16.1. The number of fused-ring (bicyclic) bond motifs is 1. The SMILES string of the molecule is COC(=O)CC1=CC(=O)N(CC(=O)Nc2ccccc2OC)c2ccccc2N1. The number of rotatable bonds is 6. The Labute approximate surface area is 168 Å². The highest BCUT2D eigenvalue weighted by Crippen LogP contribution is 2.31. The summed E-state index contributed by atoms with van der Waals surface area (Å²) in [6, 6.07) is 14.1. The number of hydrogen-bond acceptors (Lipinski definition) is 6. The van der Waals surface area contributed by atoms with Crippen molar-refractivity contribution in [3.8, 4) is 5.75 Å². The van der Waals surface area contributed by atoms with Gasteiger partial charge in [-0.05, 0) is 24.3 Å². The molecule has 1 heterocycles. The number of para-hydroxylation sites is 4. The van der Waals surface area contributed by atoms with Crippen LogP contribution in [-0.4, -0.2) is 38.5 Å². The predicted molar refractivity (Wildman–Crippen MR) is 109 cm³/mol. The summed E-state index contributed by atoms with van der Waals surface area (Å²) >= 11 is 0. The van der Waals surface area contributed by atoms with E-state index in [0.717, 1.165) is 0 Å². The summed E-state index contributed by atoms with van der Waals surface area (Å²) < 4.78 is 9.91. The maximum Gasteiger partial charge on any atom is 0.311 e. The van der Waals surface area contributed by atoms with Crippen LogP contribution >= 0.6 is 0 Å². The van der Waals surface area contributed by atoms with E-state index in [9.17, 15) is 14.4 Å². The monoisotopic (exact) mass is 395 g/mol. The van der Waals surface area contributed by atoms with Gasteiger partial charge in [-0.1, -0.05) is 24.3 Å². The molecule has 2 aromatic rings. The first kappa shape index (κ1) is 19.9. The number of benzene rings is 2. The minimum Gasteiger partial charge on any atom is -0.495 e. The van der Waals surface area contributed by atoms with Crippen LogP contribution in [0, 0.1) is 0 Å². The van der Waals surface area contributed by atoms with E-state index in [1.807, 2.05) is 0 Å². The quantitative estimate of drug-likeness (QED) is 0.730. The van der Waals surface area contributed by atoms with Crippen LogP contribution < -0.4 is 20.3 Å². The van der Waals surface area contributed by atoms with Gasteiger partial charge in [-0.15, -0.1) is 0 Å². The van der Waals surface area contributed by atoms with E-state index >= 15 is 0 Å². The van der Waals surface area contributed by atoms with Gasteiger partial charge in [0.2, 0.25) is 5.91 Å². The smallest absolute Gasteiger partial charge is 0.311 e. The number of carbonyl (C=O) groups is 3. The molecule has 0 aromatic heterocycles. The first-order valence-corrected chi connectivity index (χ1v) is 8.89. The van der Waals surface area contributed by atoms with Crippen molar-refractivity contribution in [2.75, 3.05) is 36.3 Å². The lowest BCUT2D eigenvalue weighted by atomic mass is 10.2. The number of ether oxygens (including phenoxy) is 2. The molecule has 2 amide bonds. The molecule has 8 heteroatoms. The van der Waals surface area contributed by atoms with Crippen LogP contribution in [0.3, 0.4) is 0 Å². The molecule has 1 aliphatic rings. The predicted octanol–water partition coefficient (Wildman–Crippen LogP) is 2.54. The lowest BCUT2D eigenvalue weighted by Gasteiger charge is -2.22. The Morgan fingerprint density at radius 2 is 1.79 bits per heavy atom. The van der Waals surface area contributed by atoms with Crippen molar-refractivity contribution in [3.05, 3.63) is 60.3 Å². The van der Waals surface area contributed by atoms with E-state index < -0.39 is 11.9 Å². The fourth-order valence-corrected chi connectivity index (χ4v) is 2.94. The largest absolute Gasteiger partial charge is 0.495 e. The summed E-state index contributed by atoms with van der Waals surface area (Å²) in [6.45, 7) is -0.211. The summed E-state index contributed by atoms with van der Waals surface area (Å²) in [5.41, 5.74) is 2.04. The van der Waals surface area contributed by atoms with Crippen molar-refractivity contribution in [3.63, 3.8) is 0 Å². The molecular formula is C21H21N3O5. The maximum absolute atomic E-state index is 12.8. The second kappa shape index (κ2) is 8.92. The normalized spacial score (nSPS) is 12.8. The van der Waals surface area contributed by atoms with Crippen molar-refractivity contribution < 1.29 is 23.9 Å². The van der Waals surface area contributed by atoms with E-state index in [1.165, 1.54) is 25.2 Å². The van der Waals surface area contributed by atoms with E-state index in [4.69, 9.17) is 4.74 Å². The standard InChI is InChI=1S/C21H21N3O5/c1-28-18-10-6-4-8-16(18)23-19(25)13-24-17-9-5-3-7-15(17)22-14(11-20(24)26)12-21(27)29-2/h3-11,22H,12-13H2,1-2H3,(H,23,25). The van der Waals surface area contributed by atoms with Crippen LogP contribution in [0.1, 0.15) is 6.42 Å². The van der Waals surface area contributed by atoms with Gasteiger partial charge >= 0.3 is 5.97 Å². The summed E-state index contributed by atoms with van der Waals surface area (Å²) in [5.74, 6) is -0.763. The molecule has 0 aliphatic carbocycles. The molecule has 0 saturated heterocycles. The average molecular weight is 395 g/mol. The number of hydrogen-bond donors (Lipinski definition) is 2. The second-order valence-electron chi connectivity index (χ2n) is 6.24. The number of amides is 2. The molecule has 0 unspecified atom stereocenters. The maximum atomic E-state index is 12.8. The van der Waals surface area contributed by atoms with Crippen LogP contribution in [0.4, 0.5) is 17.1 Å². The van der Waals surface area contributed by atoms with Crippen molar-refractivity contribution in [1.29, 1.82) is 0 Å². The third kappa shape index (κ3) is 4.73. The van der Waals surface area contributed by atoms with Gasteiger partial charge in [-0.3, -0.25) is 19.3 Å². The van der Waals surface area contributed by atoms with Gasteiger partial charge in [-0.2, -0.15) is 0 Å². The first-order valence-electron chi connectivity index (χ1n) is 8.89. The van der Waals surface area contributed by atoms with E-state index in [-0.39, 0.29) is 18.9 Å². The third-order valence-corrected chi connectivity index (χ3v) is 4.30. The van der Waals surface area contributed by atoms with Crippen LogP contribution in [0.2, 0.25) is 0 Å². The molecule has 2 N–H and O–H groups in total. The molecule has 150 valence electrons. The Balaban J connectivity index is 1.84. The van der Waals surface area contributed by atoms with Gasteiger partial charge in [0.05, 0.1) is 37.7 Å². The van der Waals surface area contributed by atoms with Gasteiger partial charge in [0.15, 0.2) is 0 Å². The molecule has 0 spiro atoms. The lowest BCUT2D eigenvalue weighted by Crippen LogP contribution is -2.37. The molecule has 0 bridgehead atoms. The minimum absolute atomic E-state index is 0.0855. The fourth-order valence-electron chi connectivity index (χ4n) is 2.94. The summed E-state index contributed by atoms with van der Waals surface area (Å²) in [6.07, 6.45) is 1.21. The molecule has 0 atom stereocenters. The van der Waals surface area contributed by atoms with Gasteiger partial charge in [0.1, 0.15) is 12.3 Å². The van der Waals surface area contributed by atoms with E-state index in [2.05, 4.69) is 15.4 Å². The summed E-state index contributed by atoms with van der Waals surface area (Å²) in [5, 5.41) is 5.83. The fraction of sp³-hybridized carbons (Fsp3) is 0.190. The van der Waals surface area contributed by atoms with Crippen LogP contribution in [0.5, 0.6) is 5.75 Å². The van der Waals surface area contributed by atoms with Crippen LogP contribution in [0.25, 0.3) is 0 Å². The highest BCUT2D eigenvalue weighted by molar-refractivity contribution is 6.10. The Morgan fingerprint density at radius 3 is 2.55 bits per heavy atom. The summed E-state index contributed by atoms with van der Waals surface area (Å²) in [7, 11) is 2.79. The Hall–Kier alpha value is -3.81. The Morgan fingerprint density at radius 1 is 1.07 bits per heavy atom. The van der Waals surface area contributed by atoms with Gasteiger partial charge in [0.25, 0.3) is 5.91 Å². The summed E-state index contributed by atoms with van der Waals surface area (Å²) in [4.78, 5) is 38.4. The zero-order valence-corrected chi connectivity index (χ0v) is 16.1. The number of nitrogens with one attached hydrogen (secondary N) is 2. The topological polar surface area (TPSA) is 97.0 Å². The van der Waals surface area contributed by atoms with Crippen molar-refractivity contribution in [1.82, 2.24) is 0 Å². The van der Waals surface area contributed by atoms with Gasteiger partial charge in [0, 0.05) is 11.8 Å². The molecule has 0 saturated carbocycles. The highest BCUT2D eigenvalue weighted by Gasteiger charge is 2.25. The van der Waals surface area contributed by atoms with E-state index in [0.29, 0.717) is 28.5 Å². The van der Waals surface area contributed by atoms with Gasteiger partial charge < -0.3 is 20.1 Å². The molecule has 1 aliphatic heterocycles. The highest BCUT2D eigenvalue weighted by atomic mass is 16.5. The van der Waals surface area contributed by atoms with Crippen LogP contribution in [0.15, 0.2) is 60.3 Å². The molecule has 8 nitrogen and oxygen atoms in total. The Bertz CT molecular complexity index is 970. The molecular weight excluding hydrogens is 374 g/mol. The minimum atomic E-state index is -0.476. The van der Waals surface area contributed by atoms with Crippen molar-refractivity contribution in [2.45, 2.75) is 6.42 Å². The molecule has 0 radical (unpaired) electrons. The molecule has 29 heavy (non-hydrogen) atoms.